The molecule has 1 saturated heterocycles. The molecule has 0 spiro atoms. The number of hydrogen-bond acceptors (Lipinski definition) is 11. The fourth-order valence-corrected chi connectivity index (χ4v) is 5.01. The standard InChI is InChI=1S/C21H33N2O10PS/c1-5-30-17(26)8-7-15(24)13-18(27)35-12-11-22-16(25)9-10-23-20(28)19-21(3,4)14-32-34(29,33-19)31-6-2/h7-8,19H,5-6,9-14H2,1-4H3,(H,22,25)(H,23,28)/b8-7+/t19-,34?/m0/s1. The molecule has 2 amide bonds. The van der Waals surface area contributed by atoms with Crippen LogP contribution >= 0.6 is 19.6 Å². The summed E-state index contributed by atoms with van der Waals surface area (Å²) in [6.45, 7) is 7.20. The third-order valence-corrected chi connectivity index (χ3v) is 6.78. The van der Waals surface area contributed by atoms with Crippen LogP contribution < -0.4 is 10.6 Å². The minimum absolute atomic E-state index is 0.00647. The van der Waals surface area contributed by atoms with E-state index in [0.717, 1.165) is 23.9 Å². The van der Waals surface area contributed by atoms with Gasteiger partial charge in [-0.1, -0.05) is 25.6 Å². The van der Waals surface area contributed by atoms with Gasteiger partial charge in [0.2, 0.25) is 11.8 Å². The lowest BCUT2D eigenvalue weighted by molar-refractivity contribution is -0.141. The van der Waals surface area contributed by atoms with Crippen molar-refractivity contribution >= 4 is 48.3 Å². The molecule has 1 unspecified atom stereocenters. The second-order valence-electron chi connectivity index (χ2n) is 7.95. The third kappa shape index (κ3) is 12.0. The highest BCUT2D eigenvalue weighted by atomic mass is 32.2. The zero-order valence-corrected chi connectivity index (χ0v) is 22.0. The Morgan fingerprint density at radius 1 is 1.09 bits per heavy atom. The van der Waals surface area contributed by atoms with E-state index in [0.29, 0.717) is 0 Å². The van der Waals surface area contributed by atoms with Crippen molar-refractivity contribution in [1.29, 1.82) is 0 Å². The van der Waals surface area contributed by atoms with Gasteiger partial charge >= 0.3 is 13.8 Å². The van der Waals surface area contributed by atoms with Crippen LogP contribution in [0.1, 0.15) is 40.5 Å². The molecule has 1 rings (SSSR count). The topological polar surface area (TPSA) is 163 Å². The second-order valence-corrected chi connectivity index (χ2v) is 10.7. The van der Waals surface area contributed by atoms with E-state index in [9.17, 15) is 28.5 Å². The highest BCUT2D eigenvalue weighted by Crippen LogP contribution is 2.57. The first-order valence-corrected chi connectivity index (χ1v) is 13.5. The number of phosphoric ester groups is 1. The maximum Gasteiger partial charge on any atom is 0.475 e. The summed E-state index contributed by atoms with van der Waals surface area (Å²) in [5, 5.41) is 4.79. The predicted molar refractivity (Wildman–Crippen MR) is 127 cm³/mol. The maximum atomic E-state index is 12.5. The normalized spacial score (nSPS) is 21.3. The van der Waals surface area contributed by atoms with E-state index in [1.54, 1.807) is 27.7 Å². The molecule has 0 radical (unpaired) electrons. The van der Waals surface area contributed by atoms with Crippen LogP contribution in [0.15, 0.2) is 12.2 Å². The number of amides is 2. The van der Waals surface area contributed by atoms with E-state index in [-0.39, 0.29) is 57.4 Å². The first kappa shape index (κ1) is 31.0. The maximum absolute atomic E-state index is 12.5. The molecule has 2 atom stereocenters. The predicted octanol–water partition coefficient (Wildman–Crippen LogP) is 1.53. The fraction of sp³-hybridized carbons (Fsp3) is 0.667. The quantitative estimate of drug-likeness (QED) is 0.109. The van der Waals surface area contributed by atoms with Gasteiger partial charge in [0.15, 0.2) is 17.0 Å². The van der Waals surface area contributed by atoms with Crippen LogP contribution in [-0.2, 0) is 46.8 Å². The molecule has 0 aromatic carbocycles. The fourth-order valence-electron chi connectivity index (χ4n) is 2.69. The van der Waals surface area contributed by atoms with E-state index in [2.05, 4.69) is 15.4 Å². The number of ketones is 1. The zero-order chi connectivity index (χ0) is 26.5. The Morgan fingerprint density at radius 3 is 2.46 bits per heavy atom. The zero-order valence-electron chi connectivity index (χ0n) is 20.3. The number of nitrogens with one attached hydrogen (secondary N) is 2. The summed E-state index contributed by atoms with van der Waals surface area (Å²) >= 11 is 0.881. The Bertz CT molecular complexity index is 861. The minimum atomic E-state index is -3.82. The lowest BCUT2D eigenvalue weighted by atomic mass is 9.87. The third-order valence-electron chi connectivity index (χ3n) is 4.41. The van der Waals surface area contributed by atoms with E-state index in [1.165, 1.54) is 0 Å². The summed E-state index contributed by atoms with van der Waals surface area (Å²) in [6.07, 6.45) is 0.494. The van der Waals surface area contributed by atoms with Gasteiger partial charge in [-0.15, -0.1) is 0 Å². The summed E-state index contributed by atoms with van der Waals surface area (Å²) in [4.78, 5) is 59.0. The van der Waals surface area contributed by atoms with Gasteiger partial charge in [0.1, 0.15) is 0 Å². The molecule has 0 saturated carbocycles. The molecule has 0 bridgehead atoms. The molecule has 14 heteroatoms. The number of ether oxygens (including phenoxy) is 1. The van der Waals surface area contributed by atoms with Crippen LogP contribution in [0, 0.1) is 5.41 Å². The summed E-state index contributed by atoms with van der Waals surface area (Å²) in [6, 6.07) is 0. The van der Waals surface area contributed by atoms with Crippen LogP contribution in [0.2, 0.25) is 0 Å². The van der Waals surface area contributed by atoms with Crippen LogP contribution in [0.4, 0.5) is 0 Å². The molecule has 1 heterocycles. The molecule has 0 aromatic heterocycles. The van der Waals surface area contributed by atoms with E-state index < -0.39 is 42.1 Å². The summed E-state index contributed by atoms with van der Waals surface area (Å²) in [7, 11) is -3.82. The number of hydrogen-bond donors (Lipinski definition) is 2. The number of rotatable bonds is 14. The summed E-state index contributed by atoms with van der Waals surface area (Å²) in [5.74, 6) is -1.81. The Morgan fingerprint density at radius 2 is 1.80 bits per heavy atom. The van der Waals surface area contributed by atoms with E-state index in [1.807, 2.05) is 0 Å². The van der Waals surface area contributed by atoms with Crippen molar-refractivity contribution in [2.45, 2.75) is 46.6 Å². The molecule has 1 fully saturated rings. The molecule has 1 aliphatic rings. The van der Waals surface area contributed by atoms with Gasteiger partial charge in [0, 0.05) is 36.8 Å². The van der Waals surface area contributed by atoms with Gasteiger partial charge in [-0.2, -0.15) is 0 Å². The van der Waals surface area contributed by atoms with Crippen molar-refractivity contribution in [3.8, 4) is 0 Å². The number of carbonyl (C=O) groups excluding carboxylic acids is 5. The lowest BCUT2D eigenvalue weighted by Gasteiger charge is -2.39. The Hall–Kier alpha value is -2.05. The number of allylic oxidation sites excluding steroid dienone is 1. The Balaban J connectivity index is 2.28. The van der Waals surface area contributed by atoms with Crippen molar-refractivity contribution in [2.24, 2.45) is 5.41 Å². The molecular weight excluding hydrogens is 503 g/mol. The van der Waals surface area contributed by atoms with Crippen molar-refractivity contribution in [2.75, 3.05) is 38.7 Å². The number of phosphoric acid groups is 1. The molecule has 1 aliphatic heterocycles. The minimum Gasteiger partial charge on any atom is -0.463 e. The summed E-state index contributed by atoms with van der Waals surface area (Å²) < 4.78 is 32.5. The monoisotopic (exact) mass is 536 g/mol. The number of carbonyl (C=O) groups is 5. The van der Waals surface area contributed by atoms with E-state index >= 15 is 0 Å². The van der Waals surface area contributed by atoms with Crippen molar-refractivity contribution in [1.82, 2.24) is 10.6 Å². The first-order valence-electron chi connectivity index (χ1n) is 11.1. The van der Waals surface area contributed by atoms with Crippen molar-refractivity contribution in [3.05, 3.63) is 12.2 Å². The van der Waals surface area contributed by atoms with Gasteiger partial charge in [-0.05, 0) is 19.9 Å². The smallest absolute Gasteiger partial charge is 0.463 e. The lowest BCUT2D eigenvalue weighted by Crippen LogP contribution is -2.50. The SMILES string of the molecule is CCOC(=O)/C=C/C(=O)CC(=O)SCCNC(=O)CCNC(=O)[C@@H]1OP(=O)(OCC)OCC1(C)C. The highest BCUT2D eigenvalue weighted by molar-refractivity contribution is 8.13. The molecule has 2 N–H and O–H groups in total. The van der Waals surface area contributed by atoms with Gasteiger partial charge in [-0.3, -0.25) is 32.7 Å². The second kappa shape index (κ2) is 15.1. The molecule has 198 valence electrons. The van der Waals surface area contributed by atoms with Crippen LogP contribution in [0.3, 0.4) is 0 Å². The number of thioether (sulfide) groups is 1. The Kier molecular flexibility index (Phi) is 13.4. The van der Waals surface area contributed by atoms with Gasteiger partial charge in [0.05, 0.1) is 26.2 Å². The average molecular weight is 537 g/mol. The van der Waals surface area contributed by atoms with Gasteiger partial charge in [0.25, 0.3) is 0 Å². The first-order chi connectivity index (χ1) is 16.4. The molecular formula is C21H33N2O10PS. The molecule has 12 nitrogen and oxygen atoms in total. The van der Waals surface area contributed by atoms with Gasteiger partial charge in [-0.25, -0.2) is 9.36 Å². The van der Waals surface area contributed by atoms with Crippen LogP contribution in [0.25, 0.3) is 0 Å². The van der Waals surface area contributed by atoms with Crippen LogP contribution in [-0.4, -0.2) is 73.4 Å². The average Bonchev–Trinajstić information content (AvgIpc) is 2.77. The molecule has 0 aliphatic carbocycles. The van der Waals surface area contributed by atoms with Crippen molar-refractivity contribution in [3.63, 3.8) is 0 Å². The highest BCUT2D eigenvalue weighted by Gasteiger charge is 2.48. The molecule has 35 heavy (non-hydrogen) atoms. The Labute approximate surface area is 208 Å². The molecule has 0 aromatic rings. The largest absolute Gasteiger partial charge is 0.475 e. The van der Waals surface area contributed by atoms with Crippen molar-refractivity contribution < 1.29 is 46.8 Å². The van der Waals surface area contributed by atoms with Gasteiger partial charge < -0.3 is 15.4 Å². The van der Waals surface area contributed by atoms with E-state index in [4.69, 9.17) is 13.6 Å². The van der Waals surface area contributed by atoms with Crippen LogP contribution in [0.5, 0.6) is 0 Å². The number of esters is 1. The summed E-state index contributed by atoms with van der Waals surface area (Å²) in [5.41, 5.74) is -0.753.